The van der Waals surface area contributed by atoms with Gasteiger partial charge in [-0.15, -0.1) is 11.3 Å². The average molecular weight is 271 g/mol. The first-order valence-corrected chi connectivity index (χ1v) is 6.08. The molecule has 0 saturated heterocycles. The number of carboxylic acids is 1. The van der Waals surface area contributed by atoms with Gasteiger partial charge < -0.3 is 15.7 Å². The third kappa shape index (κ3) is 3.81. The molecule has 0 fully saturated rings. The van der Waals surface area contributed by atoms with Gasteiger partial charge in [0.25, 0.3) is 5.91 Å². The maximum absolute atomic E-state index is 11.7. The second kappa shape index (κ2) is 6.10. The van der Waals surface area contributed by atoms with Crippen molar-refractivity contribution in [2.24, 2.45) is 0 Å². The van der Waals surface area contributed by atoms with Gasteiger partial charge in [0.15, 0.2) is 5.13 Å². The number of aromatic nitrogens is 1. The van der Waals surface area contributed by atoms with Crippen LogP contribution in [0.15, 0.2) is 5.38 Å². The van der Waals surface area contributed by atoms with Crippen LogP contribution in [0.3, 0.4) is 0 Å². The van der Waals surface area contributed by atoms with E-state index in [2.05, 4.69) is 15.6 Å². The van der Waals surface area contributed by atoms with Crippen LogP contribution in [-0.4, -0.2) is 33.9 Å². The molecule has 18 heavy (non-hydrogen) atoms. The topological polar surface area (TPSA) is 108 Å². The molecule has 8 heteroatoms. The first kappa shape index (κ1) is 14.1. The zero-order chi connectivity index (χ0) is 13.7. The summed E-state index contributed by atoms with van der Waals surface area (Å²) in [7, 11) is 0. The number of rotatable bonds is 5. The van der Waals surface area contributed by atoms with Gasteiger partial charge in [0.1, 0.15) is 11.7 Å². The molecule has 0 radical (unpaired) electrons. The lowest BCUT2D eigenvalue weighted by Gasteiger charge is -2.10. The Labute approximate surface area is 107 Å². The van der Waals surface area contributed by atoms with E-state index in [-0.39, 0.29) is 18.0 Å². The zero-order valence-electron chi connectivity index (χ0n) is 9.89. The SMILES string of the molecule is CC[C@@H](NC(=O)c1csc(NC(C)=O)n1)C(=O)O. The summed E-state index contributed by atoms with van der Waals surface area (Å²) in [6, 6.07) is -0.941. The third-order valence-corrected chi connectivity index (χ3v) is 2.79. The van der Waals surface area contributed by atoms with E-state index in [0.29, 0.717) is 5.13 Å². The maximum atomic E-state index is 11.7. The molecule has 0 aliphatic rings. The largest absolute Gasteiger partial charge is 0.480 e. The molecule has 3 N–H and O–H groups in total. The van der Waals surface area contributed by atoms with Crippen LogP contribution in [0.25, 0.3) is 0 Å². The van der Waals surface area contributed by atoms with Gasteiger partial charge in [-0.1, -0.05) is 6.92 Å². The predicted molar refractivity (Wildman–Crippen MR) is 65.6 cm³/mol. The van der Waals surface area contributed by atoms with Gasteiger partial charge in [0.2, 0.25) is 5.91 Å². The van der Waals surface area contributed by atoms with Crippen molar-refractivity contribution >= 4 is 34.3 Å². The van der Waals surface area contributed by atoms with Crippen molar-refractivity contribution in [2.75, 3.05) is 5.32 Å². The van der Waals surface area contributed by atoms with Crippen LogP contribution in [0, 0.1) is 0 Å². The van der Waals surface area contributed by atoms with E-state index in [4.69, 9.17) is 5.11 Å². The molecule has 2 amide bonds. The molecule has 7 nitrogen and oxygen atoms in total. The predicted octanol–water partition coefficient (Wildman–Crippen LogP) is 0.694. The highest BCUT2D eigenvalue weighted by Gasteiger charge is 2.20. The van der Waals surface area contributed by atoms with Gasteiger partial charge in [-0.3, -0.25) is 9.59 Å². The van der Waals surface area contributed by atoms with E-state index in [0.717, 1.165) is 11.3 Å². The molecule has 0 bridgehead atoms. The Morgan fingerprint density at radius 1 is 1.50 bits per heavy atom. The second-order valence-corrected chi connectivity index (χ2v) is 4.35. The van der Waals surface area contributed by atoms with Crippen molar-refractivity contribution in [3.63, 3.8) is 0 Å². The number of aliphatic carboxylic acids is 1. The smallest absolute Gasteiger partial charge is 0.326 e. The first-order chi connectivity index (χ1) is 8.43. The Balaban J connectivity index is 2.69. The van der Waals surface area contributed by atoms with Gasteiger partial charge >= 0.3 is 5.97 Å². The number of carbonyl (C=O) groups is 3. The molecule has 1 heterocycles. The van der Waals surface area contributed by atoms with Gasteiger partial charge in [-0.05, 0) is 6.42 Å². The Bertz CT molecular complexity index is 471. The van der Waals surface area contributed by atoms with E-state index in [1.54, 1.807) is 6.92 Å². The fourth-order valence-electron chi connectivity index (χ4n) is 1.16. The van der Waals surface area contributed by atoms with Crippen LogP contribution in [-0.2, 0) is 9.59 Å². The van der Waals surface area contributed by atoms with Gasteiger partial charge in [0, 0.05) is 12.3 Å². The van der Waals surface area contributed by atoms with E-state index in [1.807, 2.05) is 0 Å². The normalized spacial score (nSPS) is 11.7. The minimum atomic E-state index is -1.09. The molecule has 0 unspecified atom stereocenters. The van der Waals surface area contributed by atoms with E-state index < -0.39 is 17.9 Å². The highest BCUT2D eigenvalue weighted by atomic mass is 32.1. The first-order valence-electron chi connectivity index (χ1n) is 5.20. The Hall–Kier alpha value is -1.96. The maximum Gasteiger partial charge on any atom is 0.326 e. The van der Waals surface area contributed by atoms with E-state index >= 15 is 0 Å². The van der Waals surface area contributed by atoms with Crippen LogP contribution in [0.1, 0.15) is 30.8 Å². The van der Waals surface area contributed by atoms with Crippen LogP contribution in [0.5, 0.6) is 0 Å². The van der Waals surface area contributed by atoms with Gasteiger partial charge in [-0.2, -0.15) is 0 Å². The molecule has 1 aromatic rings. The molecular weight excluding hydrogens is 258 g/mol. The molecule has 0 spiro atoms. The molecule has 1 rings (SSSR count). The number of nitrogens with one attached hydrogen (secondary N) is 2. The fraction of sp³-hybridized carbons (Fsp3) is 0.400. The number of hydrogen-bond acceptors (Lipinski definition) is 5. The number of nitrogens with zero attached hydrogens (tertiary/aromatic N) is 1. The minimum absolute atomic E-state index is 0.0865. The van der Waals surface area contributed by atoms with Crippen molar-refractivity contribution < 1.29 is 19.5 Å². The third-order valence-electron chi connectivity index (χ3n) is 2.03. The van der Waals surface area contributed by atoms with Gasteiger partial charge in [0.05, 0.1) is 0 Å². The van der Waals surface area contributed by atoms with Crippen molar-refractivity contribution in [1.82, 2.24) is 10.3 Å². The highest BCUT2D eigenvalue weighted by molar-refractivity contribution is 7.14. The summed E-state index contributed by atoms with van der Waals surface area (Å²) >= 11 is 1.10. The van der Waals surface area contributed by atoms with Crippen LogP contribution < -0.4 is 10.6 Å². The average Bonchev–Trinajstić information content (AvgIpc) is 2.72. The number of thiazole rings is 1. The van der Waals surface area contributed by atoms with Crippen molar-refractivity contribution in [2.45, 2.75) is 26.3 Å². The molecular formula is C10H13N3O4S. The van der Waals surface area contributed by atoms with Crippen LogP contribution in [0.2, 0.25) is 0 Å². The molecule has 0 aliphatic heterocycles. The van der Waals surface area contributed by atoms with E-state index in [1.165, 1.54) is 12.3 Å². The molecule has 0 aliphatic carbocycles. The Kier molecular flexibility index (Phi) is 4.78. The molecule has 0 saturated carbocycles. The summed E-state index contributed by atoms with van der Waals surface area (Å²) in [6.45, 7) is 2.99. The number of hydrogen-bond donors (Lipinski definition) is 3. The lowest BCUT2D eigenvalue weighted by atomic mass is 10.2. The number of amides is 2. The molecule has 0 aromatic carbocycles. The molecule has 1 atom stereocenters. The second-order valence-electron chi connectivity index (χ2n) is 3.49. The molecule has 98 valence electrons. The van der Waals surface area contributed by atoms with Crippen LogP contribution in [0.4, 0.5) is 5.13 Å². The molecule has 1 aromatic heterocycles. The standard InChI is InChI=1S/C10H13N3O4S/c1-3-6(9(16)17)12-8(15)7-4-18-10(13-7)11-5(2)14/h4,6H,3H2,1-2H3,(H,12,15)(H,16,17)(H,11,13,14)/t6-/m1/s1. The van der Waals surface area contributed by atoms with Crippen LogP contribution >= 0.6 is 11.3 Å². The number of carbonyl (C=O) groups excluding carboxylic acids is 2. The minimum Gasteiger partial charge on any atom is -0.480 e. The monoisotopic (exact) mass is 271 g/mol. The summed E-state index contributed by atoms with van der Waals surface area (Å²) < 4.78 is 0. The summed E-state index contributed by atoms with van der Waals surface area (Å²) in [5.41, 5.74) is 0.0865. The Morgan fingerprint density at radius 3 is 2.67 bits per heavy atom. The number of anilines is 1. The van der Waals surface area contributed by atoms with Crippen molar-refractivity contribution in [1.29, 1.82) is 0 Å². The fourth-order valence-corrected chi connectivity index (χ4v) is 1.89. The van der Waals surface area contributed by atoms with Crippen molar-refractivity contribution in [3.05, 3.63) is 11.1 Å². The number of carboxylic acid groups (broad SMARTS) is 1. The summed E-state index contributed by atoms with van der Waals surface area (Å²) in [4.78, 5) is 37.1. The Morgan fingerprint density at radius 2 is 2.17 bits per heavy atom. The zero-order valence-corrected chi connectivity index (χ0v) is 10.7. The van der Waals surface area contributed by atoms with Crippen molar-refractivity contribution in [3.8, 4) is 0 Å². The summed E-state index contributed by atoms with van der Waals surface area (Å²) in [6.07, 6.45) is 0.282. The highest BCUT2D eigenvalue weighted by Crippen LogP contribution is 2.15. The summed E-state index contributed by atoms with van der Waals surface area (Å²) in [5.74, 6) is -1.95. The van der Waals surface area contributed by atoms with Gasteiger partial charge in [-0.25, -0.2) is 9.78 Å². The quantitative estimate of drug-likeness (QED) is 0.730. The lowest BCUT2D eigenvalue weighted by Crippen LogP contribution is -2.40. The van der Waals surface area contributed by atoms with E-state index in [9.17, 15) is 14.4 Å². The lowest BCUT2D eigenvalue weighted by molar-refractivity contribution is -0.139. The summed E-state index contributed by atoms with van der Waals surface area (Å²) in [5, 5.41) is 15.3.